The third kappa shape index (κ3) is 4.35. The van der Waals surface area contributed by atoms with Gasteiger partial charge in [0.25, 0.3) is 5.91 Å². The Morgan fingerprint density at radius 1 is 1.03 bits per heavy atom. The van der Waals surface area contributed by atoms with Gasteiger partial charge in [0.2, 0.25) is 0 Å². The summed E-state index contributed by atoms with van der Waals surface area (Å²) in [5.74, 6) is -0.930. The molecule has 3 aromatic carbocycles. The van der Waals surface area contributed by atoms with Gasteiger partial charge in [-0.1, -0.05) is 30.3 Å². The molecular formula is C22H15F4N3O2. The number of benzene rings is 3. The van der Waals surface area contributed by atoms with Crippen LogP contribution in [-0.4, -0.2) is 16.1 Å². The molecule has 0 fully saturated rings. The van der Waals surface area contributed by atoms with Gasteiger partial charge in [-0.3, -0.25) is 9.89 Å². The fraction of sp³-hybridized carbons (Fsp3) is 0.0909. The van der Waals surface area contributed by atoms with Crippen molar-refractivity contribution in [2.75, 3.05) is 5.32 Å². The molecule has 0 atom stereocenters. The number of fused-ring (bicyclic) bond motifs is 1. The van der Waals surface area contributed by atoms with Gasteiger partial charge >= 0.3 is 6.18 Å². The molecular weight excluding hydrogens is 414 g/mol. The van der Waals surface area contributed by atoms with Crippen molar-refractivity contribution in [3.8, 4) is 5.75 Å². The van der Waals surface area contributed by atoms with Crippen LogP contribution in [-0.2, 0) is 12.8 Å². The average molecular weight is 429 g/mol. The minimum atomic E-state index is -4.49. The van der Waals surface area contributed by atoms with Crippen molar-refractivity contribution in [1.29, 1.82) is 0 Å². The van der Waals surface area contributed by atoms with E-state index in [9.17, 15) is 22.4 Å². The lowest BCUT2D eigenvalue weighted by atomic mass is 10.1. The predicted molar refractivity (Wildman–Crippen MR) is 106 cm³/mol. The number of aromatic nitrogens is 2. The molecule has 158 valence electrons. The maximum Gasteiger partial charge on any atom is 0.416 e. The molecule has 0 aliphatic rings. The minimum Gasteiger partial charge on any atom is -0.489 e. The number of alkyl halides is 3. The molecule has 0 aliphatic heterocycles. The van der Waals surface area contributed by atoms with E-state index < -0.39 is 23.5 Å². The molecule has 31 heavy (non-hydrogen) atoms. The number of anilines is 1. The lowest BCUT2D eigenvalue weighted by Gasteiger charge is -2.13. The van der Waals surface area contributed by atoms with Gasteiger partial charge in [-0.2, -0.15) is 18.3 Å². The quantitative estimate of drug-likeness (QED) is 0.409. The van der Waals surface area contributed by atoms with E-state index in [1.54, 1.807) is 12.1 Å². The number of hydrogen-bond donors (Lipinski definition) is 2. The molecule has 5 nitrogen and oxygen atoms in total. The summed E-state index contributed by atoms with van der Waals surface area (Å²) in [5.41, 5.74) is -0.353. The van der Waals surface area contributed by atoms with E-state index in [2.05, 4.69) is 15.5 Å². The van der Waals surface area contributed by atoms with Crippen LogP contribution in [0.5, 0.6) is 5.75 Å². The first-order valence-electron chi connectivity index (χ1n) is 9.15. The van der Waals surface area contributed by atoms with E-state index in [-0.39, 0.29) is 29.3 Å². The number of carbonyl (C=O) groups excluding carboxylic acids is 1. The zero-order chi connectivity index (χ0) is 22.0. The molecule has 2 N–H and O–H groups in total. The number of nitrogens with one attached hydrogen (secondary N) is 2. The number of nitrogens with zero attached hydrogens (tertiary/aromatic N) is 1. The Hall–Kier alpha value is -3.88. The molecule has 0 saturated heterocycles. The molecule has 1 heterocycles. The summed E-state index contributed by atoms with van der Waals surface area (Å²) in [5, 5.41) is 9.73. The first-order chi connectivity index (χ1) is 14.8. The second-order valence-electron chi connectivity index (χ2n) is 6.66. The van der Waals surface area contributed by atoms with Gasteiger partial charge in [0.05, 0.1) is 16.6 Å². The summed E-state index contributed by atoms with van der Waals surface area (Å²) in [4.78, 5) is 12.4. The molecule has 9 heteroatoms. The molecule has 1 aromatic heterocycles. The molecule has 0 bridgehead atoms. The maximum atomic E-state index is 13.8. The van der Waals surface area contributed by atoms with Crippen LogP contribution in [0.25, 0.3) is 10.9 Å². The average Bonchev–Trinajstić information content (AvgIpc) is 3.14. The van der Waals surface area contributed by atoms with Crippen LogP contribution in [0.1, 0.15) is 21.5 Å². The summed E-state index contributed by atoms with van der Waals surface area (Å²) < 4.78 is 58.8. The van der Waals surface area contributed by atoms with Crippen molar-refractivity contribution >= 4 is 22.6 Å². The van der Waals surface area contributed by atoms with Gasteiger partial charge in [-0.05, 0) is 36.4 Å². The van der Waals surface area contributed by atoms with Crippen LogP contribution in [0.15, 0.2) is 66.7 Å². The first-order valence-corrected chi connectivity index (χ1v) is 9.15. The second kappa shape index (κ2) is 8.10. The lowest BCUT2D eigenvalue weighted by Crippen LogP contribution is -2.14. The number of halogens is 4. The van der Waals surface area contributed by atoms with Crippen molar-refractivity contribution in [1.82, 2.24) is 10.2 Å². The van der Waals surface area contributed by atoms with Crippen molar-refractivity contribution in [2.45, 2.75) is 12.8 Å². The van der Waals surface area contributed by atoms with Crippen molar-refractivity contribution in [2.24, 2.45) is 0 Å². The van der Waals surface area contributed by atoms with Crippen molar-refractivity contribution in [3.63, 3.8) is 0 Å². The number of ether oxygens (including phenoxy) is 1. The first kappa shape index (κ1) is 20.4. The standard InChI is InChI=1S/C22H15F4N3O2/c23-18-8-4-2-6-15(18)21(30)27-20-16-11-14(9-10-19(16)28-29-20)31-12-13-5-1-3-7-17(13)22(24,25)26/h1-11H,12H2,(H2,27,28,29,30). The summed E-state index contributed by atoms with van der Waals surface area (Å²) in [6, 6.07) is 15.4. The highest BCUT2D eigenvalue weighted by atomic mass is 19.4. The summed E-state index contributed by atoms with van der Waals surface area (Å²) in [6.45, 7) is -0.296. The Balaban J connectivity index is 1.55. The van der Waals surface area contributed by atoms with Crippen LogP contribution < -0.4 is 10.1 Å². The highest BCUT2D eigenvalue weighted by Crippen LogP contribution is 2.33. The van der Waals surface area contributed by atoms with Crippen LogP contribution >= 0.6 is 0 Å². The number of rotatable bonds is 5. The molecule has 0 aliphatic carbocycles. The lowest BCUT2D eigenvalue weighted by molar-refractivity contribution is -0.138. The highest BCUT2D eigenvalue weighted by Gasteiger charge is 2.33. The van der Waals surface area contributed by atoms with Gasteiger partial charge < -0.3 is 10.1 Å². The van der Waals surface area contributed by atoms with E-state index in [4.69, 9.17) is 4.74 Å². The number of hydrogen-bond acceptors (Lipinski definition) is 3. The number of carbonyl (C=O) groups is 1. The zero-order valence-corrected chi connectivity index (χ0v) is 15.8. The van der Waals surface area contributed by atoms with Crippen LogP contribution in [0, 0.1) is 5.82 Å². The second-order valence-corrected chi connectivity index (χ2v) is 6.66. The van der Waals surface area contributed by atoms with Gasteiger partial charge in [0, 0.05) is 10.9 Å². The van der Waals surface area contributed by atoms with Crippen LogP contribution in [0.3, 0.4) is 0 Å². The number of H-pyrrole nitrogens is 1. The summed E-state index contributed by atoms with van der Waals surface area (Å²) in [7, 11) is 0. The highest BCUT2D eigenvalue weighted by molar-refractivity contribution is 6.08. The third-order valence-electron chi connectivity index (χ3n) is 4.60. The molecule has 1 amide bonds. The molecule has 0 saturated carbocycles. The number of aromatic amines is 1. The van der Waals surface area contributed by atoms with E-state index in [0.717, 1.165) is 6.07 Å². The van der Waals surface area contributed by atoms with Crippen LogP contribution in [0.2, 0.25) is 0 Å². The Bertz CT molecular complexity index is 1250. The molecule has 4 rings (SSSR count). The fourth-order valence-corrected chi connectivity index (χ4v) is 3.08. The maximum absolute atomic E-state index is 13.8. The SMILES string of the molecule is O=C(Nc1n[nH]c2ccc(OCc3ccccc3C(F)(F)F)cc12)c1ccccc1F. The van der Waals surface area contributed by atoms with E-state index >= 15 is 0 Å². The molecule has 0 spiro atoms. The van der Waals surface area contributed by atoms with Gasteiger partial charge in [-0.25, -0.2) is 4.39 Å². The molecule has 0 radical (unpaired) electrons. The Morgan fingerprint density at radius 2 is 1.77 bits per heavy atom. The van der Waals surface area contributed by atoms with Gasteiger partial charge in [0.15, 0.2) is 5.82 Å². The summed E-state index contributed by atoms with van der Waals surface area (Å²) in [6.07, 6.45) is -4.49. The van der Waals surface area contributed by atoms with E-state index in [1.807, 2.05) is 0 Å². The van der Waals surface area contributed by atoms with E-state index in [1.165, 1.54) is 48.5 Å². The largest absolute Gasteiger partial charge is 0.489 e. The monoisotopic (exact) mass is 429 g/mol. The molecule has 4 aromatic rings. The predicted octanol–water partition coefficient (Wildman–Crippen LogP) is 5.55. The van der Waals surface area contributed by atoms with Crippen LogP contribution in [0.4, 0.5) is 23.4 Å². The normalized spacial score (nSPS) is 11.5. The smallest absolute Gasteiger partial charge is 0.416 e. The molecule has 0 unspecified atom stereocenters. The Kier molecular flexibility index (Phi) is 5.33. The Morgan fingerprint density at radius 3 is 2.55 bits per heavy atom. The van der Waals surface area contributed by atoms with Crippen molar-refractivity contribution < 1.29 is 27.1 Å². The zero-order valence-electron chi connectivity index (χ0n) is 15.8. The number of amides is 1. The Labute approximate surface area is 173 Å². The summed E-state index contributed by atoms with van der Waals surface area (Å²) >= 11 is 0. The van der Waals surface area contributed by atoms with Gasteiger partial charge in [-0.15, -0.1) is 0 Å². The minimum absolute atomic E-state index is 0.00429. The third-order valence-corrected chi connectivity index (χ3v) is 4.60. The van der Waals surface area contributed by atoms with E-state index in [0.29, 0.717) is 10.9 Å². The van der Waals surface area contributed by atoms with Gasteiger partial charge in [0.1, 0.15) is 18.2 Å². The topological polar surface area (TPSA) is 67.0 Å². The fourth-order valence-electron chi connectivity index (χ4n) is 3.08. The van der Waals surface area contributed by atoms with Crippen molar-refractivity contribution in [3.05, 3.63) is 89.2 Å².